The van der Waals surface area contributed by atoms with Crippen LogP contribution in [-0.4, -0.2) is 18.8 Å². The van der Waals surface area contributed by atoms with Gasteiger partial charge in [0.05, 0.1) is 12.1 Å². The Balaban J connectivity index is 1.93. The Labute approximate surface area is 99.1 Å². The number of hydrogen-bond donors (Lipinski definition) is 2. The summed E-state index contributed by atoms with van der Waals surface area (Å²) < 4.78 is 5.78. The highest BCUT2D eigenvalue weighted by Gasteiger charge is 2.35. The Morgan fingerprint density at radius 3 is 2.56 bits per heavy atom. The van der Waals surface area contributed by atoms with E-state index in [1.165, 1.54) is 32.1 Å². The van der Waals surface area contributed by atoms with Crippen LogP contribution < -0.4 is 11.3 Å². The lowest BCUT2D eigenvalue weighted by molar-refractivity contribution is 0.0383. The van der Waals surface area contributed by atoms with Crippen molar-refractivity contribution in [3.63, 3.8) is 0 Å². The van der Waals surface area contributed by atoms with Gasteiger partial charge in [0, 0.05) is 6.61 Å². The Morgan fingerprint density at radius 2 is 2.00 bits per heavy atom. The predicted molar refractivity (Wildman–Crippen MR) is 65.8 cm³/mol. The summed E-state index contributed by atoms with van der Waals surface area (Å²) in [5.41, 5.74) is 3.02. The van der Waals surface area contributed by atoms with Crippen molar-refractivity contribution >= 4 is 0 Å². The zero-order chi connectivity index (χ0) is 11.5. The van der Waals surface area contributed by atoms with Gasteiger partial charge in [-0.05, 0) is 43.4 Å². The van der Waals surface area contributed by atoms with Crippen molar-refractivity contribution in [3.05, 3.63) is 0 Å². The summed E-state index contributed by atoms with van der Waals surface area (Å²) in [5.74, 6) is 8.15. The average molecular weight is 226 g/mol. The Morgan fingerprint density at radius 1 is 1.19 bits per heavy atom. The number of rotatable bonds is 3. The first-order chi connectivity index (χ1) is 7.72. The van der Waals surface area contributed by atoms with Gasteiger partial charge in [0.25, 0.3) is 0 Å². The summed E-state index contributed by atoms with van der Waals surface area (Å²) in [7, 11) is 0. The third kappa shape index (κ3) is 2.58. The van der Waals surface area contributed by atoms with Crippen LogP contribution in [0.5, 0.6) is 0 Å². The quantitative estimate of drug-likeness (QED) is 0.572. The molecule has 2 aliphatic rings. The van der Waals surface area contributed by atoms with E-state index >= 15 is 0 Å². The molecule has 5 atom stereocenters. The van der Waals surface area contributed by atoms with E-state index in [2.05, 4.69) is 19.3 Å². The number of ether oxygens (including phenoxy) is 1. The molecule has 0 aromatic carbocycles. The molecule has 0 aromatic rings. The van der Waals surface area contributed by atoms with E-state index in [-0.39, 0.29) is 0 Å². The first-order valence-electron chi connectivity index (χ1n) is 6.80. The van der Waals surface area contributed by atoms with Crippen LogP contribution in [0.2, 0.25) is 0 Å². The zero-order valence-electron chi connectivity index (χ0n) is 10.6. The summed E-state index contributed by atoms with van der Waals surface area (Å²) in [5, 5.41) is 0. The predicted octanol–water partition coefficient (Wildman–Crippen LogP) is 2.07. The summed E-state index contributed by atoms with van der Waals surface area (Å²) in [6, 6.07) is 0.373. The first kappa shape index (κ1) is 12.3. The van der Waals surface area contributed by atoms with Crippen molar-refractivity contribution in [1.29, 1.82) is 0 Å². The molecule has 0 amide bonds. The monoisotopic (exact) mass is 226 g/mol. The van der Waals surface area contributed by atoms with Gasteiger partial charge in [-0.15, -0.1) is 0 Å². The number of nitrogens with one attached hydrogen (secondary N) is 1. The molecule has 2 rings (SSSR count). The molecule has 2 fully saturated rings. The lowest BCUT2D eigenvalue weighted by atomic mass is 9.72. The smallest absolute Gasteiger partial charge is 0.0745 e. The Kier molecular flexibility index (Phi) is 4.22. The molecule has 5 unspecified atom stereocenters. The maximum absolute atomic E-state index is 5.78. The van der Waals surface area contributed by atoms with E-state index in [1.54, 1.807) is 0 Å². The molecular formula is C13H26N2O. The maximum atomic E-state index is 5.78. The molecule has 3 nitrogen and oxygen atoms in total. The summed E-state index contributed by atoms with van der Waals surface area (Å²) in [6.45, 7) is 5.67. The molecule has 0 spiro atoms. The molecule has 3 heteroatoms. The van der Waals surface area contributed by atoms with E-state index in [9.17, 15) is 0 Å². The third-order valence-electron chi connectivity index (χ3n) is 4.70. The van der Waals surface area contributed by atoms with Crippen molar-refractivity contribution in [2.45, 2.75) is 58.1 Å². The van der Waals surface area contributed by atoms with Crippen LogP contribution in [0.3, 0.4) is 0 Å². The summed E-state index contributed by atoms with van der Waals surface area (Å²) >= 11 is 0. The van der Waals surface area contributed by atoms with Gasteiger partial charge < -0.3 is 4.74 Å². The largest absolute Gasteiger partial charge is 0.377 e. The molecule has 3 N–H and O–H groups in total. The fraction of sp³-hybridized carbons (Fsp3) is 1.00. The van der Waals surface area contributed by atoms with Crippen molar-refractivity contribution in [2.24, 2.45) is 23.6 Å². The number of nitrogens with two attached hydrogens (primary N) is 1. The SMILES string of the molecule is CC1CCC(C(NN)C2CCCO2)CC1C. The van der Waals surface area contributed by atoms with Crippen LogP contribution >= 0.6 is 0 Å². The molecule has 94 valence electrons. The highest BCUT2D eigenvalue weighted by molar-refractivity contribution is 4.89. The van der Waals surface area contributed by atoms with Gasteiger partial charge in [-0.2, -0.15) is 0 Å². The second-order valence-electron chi connectivity index (χ2n) is 5.77. The molecule has 16 heavy (non-hydrogen) atoms. The fourth-order valence-corrected chi connectivity index (χ4v) is 3.35. The minimum absolute atomic E-state index is 0.357. The van der Waals surface area contributed by atoms with Gasteiger partial charge in [0.1, 0.15) is 0 Å². The standard InChI is InChI=1S/C13H26N2O/c1-9-5-6-11(8-10(9)2)13(15-14)12-4-3-7-16-12/h9-13,15H,3-8,14H2,1-2H3. The third-order valence-corrected chi connectivity index (χ3v) is 4.70. The molecule has 1 aliphatic carbocycles. The van der Waals surface area contributed by atoms with Gasteiger partial charge in [0.15, 0.2) is 0 Å². The van der Waals surface area contributed by atoms with Gasteiger partial charge in [-0.3, -0.25) is 11.3 Å². The highest BCUT2D eigenvalue weighted by atomic mass is 16.5. The van der Waals surface area contributed by atoms with Crippen LogP contribution in [-0.2, 0) is 4.74 Å². The van der Waals surface area contributed by atoms with Crippen molar-refractivity contribution in [2.75, 3.05) is 6.61 Å². The molecule has 1 aliphatic heterocycles. The van der Waals surface area contributed by atoms with Gasteiger partial charge in [-0.25, -0.2) is 0 Å². The van der Waals surface area contributed by atoms with Crippen LogP contribution in [0.15, 0.2) is 0 Å². The molecule has 0 bridgehead atoms. The lowest BCUT2D eigenvalue weighted by Gasteiger charge is -2.38. The van der Waals surface area contributed by atoms with E-state index < -0.39 is 0 Å². The van der Waals surface area contributed by atoms with E-state index in [0.29, 0.717) is 18.1 Å². The number of hydrazine groups is 1. The average Bonchev–Trinajstić information content (AvgIpc) is 2.78. The first-order valence-corrected chi connectivity index (χ1v) is 6.80. The van der Waals surface area contributed by atoms with Gasteiger partial charge >= 0.3 is 0 Å². The highest BCUT2D eigenvalue weighted by Crippen LogP contribution is 2.37. The fourth-order valence-electron chi connectivity index (χ4n) is 3.35. The van der Waals surface area contributed by atoms with Crippen LogP contribution in [0, 0.1) is 17.8 Å². The second-order valence-corrected chi connectivity index (χ2v) is 5.77. The van der Waals surface area contributed by atoms with Gasteiger partial charge in [-0.1, -0.05) is 20.3 Å². The molecule has 0 radical (unpaired) electrons. The Hall–Kier alpha value is -0.120. The van der Waals surface area contributed by atoms with Crippen molar-refractivity contribution in [3.8, 4) is 0 Å². The minimum atomic E-state index is 0.357. The minimum Gasteiger partial charge on any atom is -0.377 e. The number of hydrogen-bond acceptors (Lipinski definition) is 3. The molecular weight excluding hydrogens is 200 g/mol. The summed E-state index contributed by atoms with van der Waals surface area (Å²) in [4.78, 5) is 0. The van der Waals surface area contributed by atoms with Crippen LogP contribution in [0.4, 0.5) is 0 Å². The van der Waals surface area contributed by atoms with E-state index in [1.807, 2.05) is 0 Å². The molecule has 1 saturated heterocycles. The lowest BCUT2D eigenvalue weighted by Crippen LogP contribution is -2.50. The van der Waals surface area contributed by atoms with Crippen LogP contribution in [0.1, 0.15) is 46.0 Å². The normalized spacial score (nSPS) is 42.2. The maximum Gasteiger partial charge on any atom is 0.0745 e. The molecule has 0 aromatic heterocycles. The van der Waals surface area contributed by atoms with Crippen LogP contribution in [0.25, 0.3) is 0 Å². The molecule has 1 saturated carbocycles. The second kappa shape index (κ2) is 5.48. The molecule has 1 heterocycles. The Bertz CT molecular complexity index is 216. The summed E-state index contributed by atoms with van der Waals surface area (Å²) in [6.07, 6.45) is 6.68. The van der Waals surface area contributed by atoms with E-state index in [0.717, 1.165) is 18.4 Å². The van der Waals surface area contributed by atoms with Gasteiger partial charge in [0.2, 0.25) is 0 Å². The van der Waals surface area contributed by atoms with Crippen molar-refractivity contribution in [1.82, 2.24) is 5.43 Å². The van der Waals surface area contributed by atoms with E-state index in [4.69, 9.17) is 10.6 Å². The topological polar surface area (TPSA) is 47.3 Å². The van der Waals surface area contributed by atoms with Crippen molar-refractivity contribution < 1.29 is 4.74 Å². The zero-order valence-corrected chi connectivity index (χ0v) is 10.6.